The molecule has 0 unspecified atom stereocenters. The van der Waals surface area contributed by atoms with Crippen LogP contribution in [0.5, 0.6) is 11.5 Å². The van der Waals surface area contributed by atoms with E-state index in [-0.39, 0.29) is 5.56 Å². The summed E-state index contributed by atoms with van der Waals surface area (Å²) in [6.45, 7) is 2.22. The van der Waals surface area contributed by atoms with Crippen LogP contribution < -0.4 is 14.8 Å². The molecule has 0 heterocycles. The van der Waals surface area contributed by atoms with Crippen LogP contribution in [0, 0.1) is 0 Å². The molecule has 23 heavy (non-hydrogen) atoms. The number of halogens is 1. The number of benzene rings is 1. The lowest BCUT2D eigenvalue weighted by Gasteiger charge is -2.15. The highest BCUT2D eigenvalue weighted by Gasteiger charge is 2.21. The Morgan fingerprint density at radius 1 is 1.17 bits per heavy atom. The van der Waals surface area contributed by atoms with Gasteiger partial charge < -0.3 is 24.3 Å². The quantitative estimate of drug-likeness (QED) is 0.538. The van der Waals surface area contributed by atoms with Gasteiger partial charge >= 0.3 is 5.97 Å². The van der Waals surface area contributed by atoms with Crippen LogP contribution in [0.15, 0.2) is 16.6 Å². The van der Waals surface area contributed by atoms with Gasteiger partial charge in [-0.05, 0) is 35.0 Å². The fraction of sp³-hybridized carbons (Fsp3) is 0.467. The van der Waals surface area contributed by atoms with Gasteiger partial charge in [-0.1, -0.05) is 0 Å². The Balaban J connectivity index is 2.79. The van der Waals surface area contributed by atoms with E-state index in [2.05, 4.69) is 21.2 Å². The lowest BCUT2D eigenvalue weighted by atomic mass is 10.2. The van der Waals surface area contributed by atoms with Gasteiger partial charge in [0.15, 0.2) is 6.10 Å². The van der Waals surface area contributed by atoms with Gasteiger partial charge in [0, 0.05) is 13.7 Å². The minimum Gasteiger partial charge on any atom is -0.495 e. The van der Waals surface area contributed by atoms with E-state index in [0.717, 1.165) is 0 Å². The minimum atomic E-state index is -0.931. The molecule has 0 fully saturated rings. The van der Waals surface area contributed by atoms with Crippen LogP contribution in [-0.2, 0) is 14.3 Å². The lowest BCUT2D eigenvalue weighted by molar-refractivity contribution is -0.129. The van der Waals surface area contributed by atoms with Crippen molar-refractivity contribution in [1.29, 1.82) is 0 Å². The number of amides is 1. The number of esters is 1. The van der Waals surface area contributed by atoms with Crippen LogP contribution in [0.1, 0.15) is 17.3 Å². The Bertz CT molecular complexity index is 538. The first-order chi connectivity index (χ1) is 10.9. The van der Waals surface area contributed by atoms with E-state index in [0.29, 0.717) is 29.1 Å². The van der Waals surface area contributed by atoms with Crippen LogP contribution in [0.25, 0.3) is 0 Å². The van der Waals surface area contributed by atoms with Crippen molar-refractivity contribution in [1.82, 2.24) is 5.32 Å². The van der Waals surface area contributed by atoms with E-state index < -0.39 is 18.0 Å². The van der Waals surface area contributed by atoms with Gasteiger partial charge in [0.1, 0.15) is 16.0 Å². The second kappa shape index (κ2) is 9.36. The van der Waals surface area contributed by atoms with Crippen LogP contribution in [0.4, 0.5) is 0 Å². The van der Waals surface area contributed by atoms with Gasteiger partial charge in [-0.3, -0.25) is 4.79 Å². The summed E-state index contributed by atoms with van der Waals surface area (Å²) in [5.74, 6) is -0.197. The molecule has 0 aliphatic rings. The maximum absolute atomic E-state index is 12.2. The van der Waals surface area contributed by atoms with Crippen LogP contribution >= 0.6 is 15.9 Å². The van der Waals surface area contributed by atoms with Gasteiger partial charge in [0.05, 0.1) is 26.4 Å². The number of hydrogen-bond donors (Lipinski definition) is 1. The Morgan fingerprint density at radius 2 is 1.74 bits per heavy atom. The maximum Gasteiger partial charge on any atom is 0.339 e. The summed E-state index contributed by atoms with van der Waals surface area (Å²) in [6, 6.07) is 3.01. The molecule has 128 valence electrons. The zero-order chi connectivity index (χ0) is 17.4. The highest BCUT2D eigenvalue weighted by atomic mass is 79.9. The minimum absolute atomic E-state index is 0.221. The normalized spacial score (nSPS) is 11.5. The van der Waals surface area contributed by atoms with Crippen LogP contribution in [0.3, 0.4) is 0 Å². The Morgan fingerprint density at radius 3 is 2.22 bits per heavy atom. The van der Waals surface area contributed by atoms with E-state index in [4.69, 9.17) is 18.9 Å². The highest BCUT2D eigenvalue weighted by Crippen LogP contribution is 2.35. The fourth-order valence-corrected chi connectivity index (χ4v) is 2.24. The second-order valence-corrected chi connectivity index (χ2v) is 5.32. The average molecular weight is 390 g/mol. The van der Waals surface area contributed by atoms with Crippen LogP contribution in [0.2, 0.25) is 0 Å². The summed E-state index contributed by atoms with van der Waals surface area (Å²) in [7, 11) is 4.48. The van der Waals surface area contributed by atoms with E-state index in [1.165, 1.54) is 40.4 Å². The number of hydrogen-bond acceptors (Lipinski definition) is 6. The predicted octanol–water partition coefficient (Wildman–Crippen LogP) is 1.77. The van der Waals surface area contributed by atoms with Crippen molar-refractivity contribution < 1.29 is 28.5 Å². The summed E-state index contributed by atoms with van der Waals surface area (Å²) in [5.41, 5.74) is 0.221. The van der Waals surface area contributed by atoms with Gasteiger partial charge in [-0.15, -0.1) is 0 Å². The molecule has 1 amide bonds. The summed E-state index contributed by atoms with van der Waals surface area (Å²) in [6.07, 6.45) is -0.931. The van der Waals surface area contributed by atoms with Crippen molar-refractivity contribution in [3.05, 3.63) is 22.2 Å². The third kappa shape index (κ3) is 5.40. The molecule has 8 heteroatoms. The van der Waals surface area contributed by atoms with Crippen molar-refractivity contribution in [3.8, 4) is 11.5 Å². The van der Waals surface area contributed by atoms with Crippen molar-refractivity contribution >= 4 is 27.8 Å². The van der Waals surface area contributed by atoms with Crippen molar-refractivity contribution in [2.24, 2.45) is 0 Å². The largest absolute Gasteiger partial charge is 0.495 e. The molecule has 0 bridgehead atoms. The Labute approximate surface area is 143 Å². The topological polar surface area (TPSA) is 83.1 Å². The van der Waals surface area contributed by atoms with Gasteiger partial charge in [-0.25, -0.2) is 4.79 Å². The van der Waals surface area contributed by atoms with Crippen molar-refractivity contribution in [2.75, 3.05) is 34.5 Å². The third-order valence-electron chi connectivity index (χ3n) is 2.94. The summed E-state index contributed by atoms with van der Waals surface area (Å²) in [4.78, 5) is 24.0. The molecule has 0 aromatic heterocycles. The fourth-order valence-electron chi connectivity index (χ4n) is 1.69. The van der Waals surface area contributed by atoms with Gasteiger partial charge in [-0.2, -0.15) is 0 Å². The Kier molecular flexibility index (Phi) is 7.84. The third-order valence-corrected chi connectivity index (χ3v) is 3.72. The second-order valence-electron chi connectivity index (χ2n) is 4.53. The molecule has 0 aliphatic carbocycles. The summed E-state index contributed by atoms with van der Waals surface area (Å²) < 4.78 is 20.9. The number of ether oxygens (including phenoxy) is 4. The summed E-state index contributed by atoms with van der Waals surface area (Å²) in [5, 5.41) is 2.60. The smallest absolute Gasteiger partial charge is 0.339 e. The zero-order valence-corrected chi connectivity index (χ0v) is 15.1. The molecule has 0 saturated heterocycles. The van der Waals surface area contributed by atoms with E-state index in [9.17, 15) is 9.59 Å². The maximum atomic E-state index is 12.2. The molecule has 0 spiro atoms. The van der Waals surface area contributed by atoms with Crippen molar-refractivity contribution in [2.45, 2.75) is 13.0 Å². The molecule has 1 atom stereocenters. The highest BCUT2D eigenvalue weighted by molar-refractivity contribution is 9.10. The van der Waals surface area contributed by atoms with Crippen molar-refractivity contribution in [3.63, 3.8) is 0 Å². The number of carbonyl (C=O) groups is 2. The number of nitrogens with one attached hydrogen (secondary N) is 1. The van der Waals surface area contributed by atoms with Gasteiger partial charge in [0.2, 0.25) is 0 Å². The lowest BCUT2D eigenvalue weighted by Crippen LogP contribution is -2.37. The summed E-state index contributed by atoms with van der Waals surface area (Å²) >= 11 is 3.32. The molecular weight excluding hydrogens is 370 g/mol. The molecule has 1 aromatic carbocycles. The van der Waals surface area contributed by atoms with E-state index in [1.54, 1.807) is 0 Å². The molecule has 7 nitrogen and oxygen atoms in total. The molecule has 0 saturated carbocycles. The van der Waals surface area contributed by atoms with Crippen LogP contribution in [-0.4, -0.2) is 52.5 Å². The molecule has 1 N–H and O–H groups in total. The number of carbonyl (C=O) groups excluding carboxylic acids is 2. The molecule has 0 radical (unpaired) electrons. The number of rotatable bonds is 8. The first-order valence-electron chi connectivity index (χ1n) is 6.83. The molecule has 1 rings (SSSR count). The molecule has 0 aliphatic heterocycles. The predicted molar refractivity (Wildman–Crippen MR) is 87.0 cm³/mol. The monoisotopic (exact) mass is 389 g/mol. The van der Waals surface area contributed by atoms with E-state index >= 15 is 0 Å². The SMILES string of the molecule is COCCNC(=O)[C@H](C)OC(=O)c1cc(OC)c(Br)c(OC)c1. The van der Waals surface area contributed by atoms with Gasteiger partial charge in [0.25, 0.3) is 5.91 Å². The standard InChI is InChI=1S/C15H20BrNO6/c1-9(14(18)17-5-6-20-2)23-15(19)10-7-11(21-3)13(16)12(8-10)22-4/h7-9H,5-6H2,1-4H3,(H,17,18)/t9-/m0/s1. The number of methoxy groups -OCH3 is 3. The van der Waals surface area contributed by atoms with E-state index in [1.807, 2.05) is 0 Å². The molecule has 1 aromatic rings. The first-order valence-corrected chi connectivity index (χ1v) is 7.63. The average Bonchev–Trinajstić information content (AvgIpc) is 2.54. The Hall–Kier alpha value is -1.80. The first kappa shape index (κ1) is 19.2. The zero-order valence-electron chi connectivity index (χ0n) is 13.5. The molecular formula is C15H20BrNO6.